The van der Waals surface area contributed by atoms with Crippen molar-refractivity contribution >= 4 is 11.7 Å². The molecule has 1 saturated heterocycles. The van der Waals surface area contributed by atoms with Crippen LogP contribution in [0.5, 0.6) is 5.88 Å². The molecule has 0 radical (unpaired) electrons. The van der Waals surface area contributed by atoms with Crippen LogP contribution in [-0.2, 0) is 11.2 Å². The Bertz CT molecular complexity index is 753. The van der Waals surface area contributed by atoms with E-state index in [1.165, 1.54) is 0 Å². The first kappa shape index (κ1) is 18.1. The number of anilines is 1. The van der Waals surface area contributed by atoms with Gasteiger partial charge < -0.3 is 20.1 Å². The second-order valence-corrected chi connectivity index (χ2v) is 6.16. The molecule has 0 spiro atoms. The molecule has 1 aliphatic rings. The smallest absolute Gasteiger partial charge is 0.259 e. The van der Waals surface area contributed by atoms with Crippen LogP contribution < -0.4 is 10.5 Å². The Labute approximate surface area is 153 Å². The largest absolute Gasteiger partial charge is 0.477 e. The molecule has 2 aromatic heterocycles. The lowest BCUT2D eigenvalue weighted by Crippen LogP contribution is -2.45. The molecule has 1 amide bonds. The Morgan fingerprint density at radius 3 is 3.08 bits per heavy atom. The van der Waals surface area contributed by atoms with Gasteiger partial charge in [-0.25, -0.2) is 9.97 Å². The molecule has 138 valence electrons. The van der Waals surface area contributed by atoms with E-state index in [1.54, 1.807) is 24.5 Å². The van der Waals surface area contributed by atoms with Gasteiger partial charge in [0.15, 0.2) is 0 Å². The normalized spacial score (nSPS) is 17.1. The molecule has 7 nitrogen and oxygen atoms in total. The number of carbonyl (C=O) groups excluding carboxylic acids is 1. The molecule has 0 saturated carbocycles. The standard InChI is InChI=1S/C19H24N4O3/c1-2-25-18-16(4-3-8-22-18)19(24)23-10-11-26-15(13-23)6-5-14-7-9-21-17(20)12-14/h3-4,7-9,12,15H,2,5-6,10-11,13H2,1H3,(H2,20,21)/t15-/m0/s1. The van der Waals surface area contributed by atoms with Crippen LogP contribution >= 0.6 is 0 Å². The summed E-state index contributed by atoms with van der Waals surface area (Å²) in [5.41, 5.74) is 7.34. The summed E-state index contributed by atoms with van der Waals surface area (Å²) in [6.45, 7) is 3.99. The molecule has 2 aromatic rings. The van der Waals surface area contributed by atoms with E-state index >= 15 is 0 Å². The van der Waals surface area contributed by atoms with E-state index in [1.807, 2.05) is 24.0 Å². The Hall–Kier alpha value is -2.67. The first-order valence-electron chi connectivity index (χ1n) is 8.86. The van der Waals surface area contributed by atoms with Gasteiger partial charge in [-0.05, 0) is 49.6 Å². The molecule has 3 heterocycles. The molecule has 0 aliphatic carbocycles. The fourth-order valence-corrected chi connectivity index (χ4v) is 3.03. The molecule has 26 heavy (non-hydrogen) atoms. The quantitative estimate of drug-likeness (QED) is 0.850. The number of amides is 1. The van der Waals surface area contributed by atoms with E-state index in [-0.39, 0.29) is 12.0 Å². The number of carbonyl (C=O) groups is 1. The van der Waals surface area contributed by atoms with Crippen LogP contribution in [0.25, 0.3) is 0 Å². The Balaban J connectivity index is 1.62. The van der Waals surface area contributed by atoms with E-state index in [2.05, 4.69) is 9.97 Å². The van der Waals surface area contributed by atoms with Gasteiger partial charge in [-0.2, -0.15) is 0 Å². The lowest BCUT2D eigenvalue weighted by atomic mass is 10.1. The van der Waals surface area contributed by atoms with Gasteiger partial charge in [0.1, 0.15) is 11.4 Å². The maximum Gasteiger partial charge on any atom is 0.259 e. The highest BCUT2D eigenvalue weighted by molar-refractivity contribution is 5.96. The minimum absolute atomic E-state index is 0.00527. The topological polar surface area (TPSA) is 90.6 Å². The van der Waals surface area contributed by atoms with E-state index in [0.29, 0.717) is 43.6 Å². The summed E-state index contributed by atoms with van der Waals surface area (Å²) < 4.78 is 11.3. The number of nitrogen functional groups attached to an aromatic ring is 1. The number of rotatable bonds is 6. The zero-order chi connectivity index (χ0) is 18.4. The second kappa shape index (κ2) is 8.62. The summed E-state index contributed by atoms with van der Waals surface area (Å²) in [5, 5.41) is 0. The van der Waals surface area contributed by atoms with Gasteiger partial charge in [0.05, 0.1) is 19.3 Å². The van der Waals surface area contributed by atoms with Gasteiger partial charge in [-0.15, -0.1) is 0 Å². The number of nitrogens with two attached hydrogens (primary N) is 1. The van der Waals surface area contributed by atoms with Crippen molar-refractivity contribution < 1.29 is 14.3 Å². The molecule has 0 unspecified atom stereocenters. The lowest BCUT2D eigenvalue weighted by molar-refractivity contribution is -0.0247. The summed E-state index contributed by atoms with van der Waals surface area (Å²) in [6, 6.07) is 7.33. The average Bonchev–Trinajstić information content (AvgIpc) is 2.67. The fourth-order valence-electron chi connectivity index (χ4n) is 3.03. The van der Waals surface area contributed by atoms with Gasteiger partial charge in [0.2, 0.25) is 5.88 Å². The third-order valence-corrected chi connectivity index (χ3v) is 4.31. The van der Waals surface area contributed by atoms with Crippen LogP contribution in [0.2, 0.25) is 0 Å². The molecule has 1 aliphatic heterocycles. The van der Waals surface area contributed by atoms with Crippen LogP contribution in [0.3, 0.4) is 0 Å². The number of aromatic nitrogens is 2. The predicted octanol–water partition coefficient (Wildman–Crippen LogP) is 1.93. The number of pyridine rings is 2. The van der Waals surface area contributed by atoms with E-state index in [0.717, 1.165) is 18.4 Å². The van der Waals surface area contributed by atoms with Crippen LogP contribution in [0.4, 0.5) is 5.82 Å². The third kappa shape index (κ3) is 4.49. The first-order chi connectivity index (χ1) is 12.7. The van der Waals surface area contributed by atoms with Crippen molar-refractivity contribution in [2.75, 3.05) is 32.0 Å². The monoisotopic (exact) mass is 356 g/mol. The van der Waals surface area contributed by atoms with Crippen LogP contribution in [0.15, 0.2) is 36.7 Å². The highest BCUT2D eigenvalue weighted by Gasteiger charge is 2.27. The molecule has 1 atom stereocenters. The van der Waals surface area contributed by atoms with Crippen LogP contribution in [0.1, 0.15) is 29.3 Å². The first-order valence-corrected chi connectivity index (χ1v) is 8.86. The van der Waals surface area contributed by atoms with Crippen molar-refractivity contribution in [2.24, 2.45) is 0 Å². The molecular formula is C19H24N4O3. The van der Waals surface area contributed by atoms with Crippen LogP contribution in [0, 0.1) is 0 Å². The molecule has 0 aromatic carbocycles. The Morgan fingerprint density at radius 2 is 2.27 bits per heavy atom. The van der Waals surface area contributed by atoms with Gasteiger partial charge in [-0.1, -0.05) is 0 Å². The van der Waals surface area contributed by atoms with Crippen molar-refractivity contribution in [2.45, 2.75) is 25.9 Å². The van der Waals surface area contributed by atoms with Crippen molar-refractivity contribution in [1.29, 1.82) is 0 Å². The number of hydrogen-bond donors (Lipinski definition) is 1. The van der Waals surface area contributed by atoms with Crippen molar-refractivity contribution in [1.82, 2.24) is 14.9 Å². The third-order valence-electron chi connectivity index (χ3n) is 4.31. The summed E-state index contributed by atoms with van der Waals surface area (Å²) in [7, 11) is 0. The summed E-state index contributed by atoms with van der Waals surface area (Å²) >= 11 is 0. The number of morpholine rings is 1. The van der Waals surface area contributed by atoms with Crippen LogP contribution in [-0.4, -0.2) is 53.2 Å². The van der Waals surface area contributed by atoms with Gasteiger partial charge in [0, 0.05) is 25.5 Å². The highest BCUT2D eigenvalue weighted by atomic mass is 16.5. The van der Waals surface area contributed by atoms with Crippen molar-refractivity contribution in [3.63, 3.8) is 0 Å². The number of hydrogen-bond acceptors (Lipinski definition) is 6. The zero-order valence-corrected chi connectivity index (χ0v) is 14.9. The molecule has 1 fully saturated rings. The molecule has 3 rings (SSSR count). The molecule has 2 N–H and O–H groups in total. The van der Waals surface area contributed by atoms with E-state index in [4.69, 9.17) is 15.2 Å². The van der Waals surface area contributed by atoms with E-state index < -0.39 is 0 Å². The minimum Gasteiger partial charge on any atom is -0.477 e. The van der Waals surface area contributed by atoms with Gasteiger partial charge in [0.25, 0.3) is 5.91 Å². The fraction of sp³-hybridized carbons (Fsp3) is 0.421. The molecule has 0 bridgehead atoms. The Morgan fingerprint density at radius 1 is 1.38 bits per heavy atom. The van der Waals surface area contributed by atoms with Crippen molar-refractivity contribution in [3.8, 4) is 5.88 Å². The maximum absolute atomic E-state index is 12.9. The van der Waals surface area contributed by atoms with E-state index in [9.17, 15) is 4.79 Å². The predicted molar refractivity (Wildman–Crippen MR) is 98.0 cm³/mol. The molecule has 7 heteroatoms. The Kier molecular flexibility index (Phi) is 6.01. The SMILES string of the molecule is CCOc1ncccc1C(=O)N1CCO[C@@H](CCc2ccnc(N)c2)C1. The average molecular weight is 356 g/mol. The maximum atomic E-state index is 12.9. The number of aryl methyl sites for hydroxylation is 1. The minimum atomic E-state index is -0.0667. The molecular weight excluding hydrogens is 332 g/mol. The zero-order valence-electron chi connectivity index (χ0n) is 14.9. The summed E-state index contributed by atoms with van der Waals surface area (Å²) in [6.07, 6.45) is 4.98. The second-order valence-electron chi connectivity index (χ2n) is 6.16. The lowest BCUT2D eigenvalue weighted by Gasteiger charge is -2.33. The number of nitrogens with zero attached hydrogens (tertiary/aromatic N) is 3. The number of ether oxygens (including phenoxy) is 2. The summed E-state index contributed by atoms with van der Waals surface area (Å²) in [5.74, 6) is 0.835. The summed E-state index contributed by atoms with van der Waals surface area (Å²) in [4.78, 5) is 22.9. The highest BCUT2D eigenvalue weighted by Crippen LogP contribution is 2.20. The van der Waals surface area contributed by atoms with Gasteiger partial charge >= 0.3 is 0 Å². The van der Waals surface area contributed by atoms with Crippen molar-refractivity contribution in [3.05, 3.63) is 47.8 Å². The van der Waals surface area contributed by atoms with Gasteiger partial charge in [-0.3, -0.25) is 4.79 Å².